The maximum atomic E-state index is 13.4. The Bertz CT molecular complexity index is 1270. The first-order valence-electron chi connectivity index (χ1n) is 9.96. The molecule has 1 aromatic heterocycles. The number of benzene rings is 2. The molecule has 0 bridgehead atoms. The van der Waals surface area contributed by atoms with Gasteiger partial charge >= 0.3 is 11.9 Å². The molecule has 3 aromatic rings. The highest BCUT2D eigenvalue weighted by Gasteiger charge is 2.32. The van der Waals surface area contributed by atoms with Crippen LogP contribution in [-0.2, 0) is 11.0 Å². The summed E-state index contributed by atoms with van der Waals surface area (Å²) in [7, 11) is 0. The van der Waals surface area contributed by atoms with Crippen LogP contribution in [0.5, 0.6) is 0 Å². The van der Waals surface area contributed by atoms with Gasteiger partial charge in [0.05, 0.1) is 22.2 Å². The lowest BCUT2D eigenvalue weighted by Gasteiger charge is -2.21. The fourth-order valence-electron chi connectivity index (χ4n) is 3.64. The number of alkyl halides is 3. The predicted octanol–water partition coefficient (Wildman–Crippen LogP) is 3.40. The van der Waals surface area contributed by atoms with Crippen molar-refractivity contribution in [1.29, 1.82) is 0 Å². The van der Waals surface area contributed by atoms with Crippen LogP contribution in [-0.4, -0.2) is 21.1 Å². The van der Waals surface area contributed by atoms with Crippen LogP contribution >= 0.6 is 0 Å². The van der Waals surface area contributed by atoms with E-state index < -0.39 is 29.0 Å². The largest absolute Gasteiger partial charge is 0.416 e. The van der Waals surface area contributed by atoms with E-state index in [0.29, 0.717) is 4.57 Å². The summed E-state index contributed by atoms with van der Waals surface area (Å²) in [4.78, 5) is 39.4. The van der Waals surface area contributed by atoms with Crippen LogP contribution in [0.15, 0.2) is 58.1 Å². The molecule has 0 radical (unpaired) electrons. The second-order valence-corrected chi connectivity index (χ2v) is 7.57. The lowest BCUT2D eigenvalue weighted by molar-refractivity contribution is -0.137. The molecule has 0 saturated heterocycles. The number of hydrogen-bond acceptors (Lipinski definition) is 3. The van der Waals surface area contributed by atoms with Gasteiger partial charge < -0.3 is 5.32 Å². The van der Waals surface area contributed by atoms with Gasteiger partial charge in [0.1, 0.15) is 6.04 Å². The summed E-state index contributed by atoms with van der Waals surface area (Å²) in [5.74, 6) is -0.355. The number of rotatable bonds is 5. The average Bonchev–Trinajstić information content (AvgIpc) is 3.54. The van der Waals surface area contributed by atoms with Crippen LogP contribution in [0.25, 0.3) is 16.6 Å². The molecular formula is C22H20F3N3O3. The summed E-state index contributed by atoms with van der Waals surface area (Å²) in [6.45, 7) is 1.73. The number of fused-ring (bicyclic) bond motifs is 1. The van der Waals surface area contributed by atoms with Crippen molar-refractivity contribution >= 4 is 16.8 Å². The Balaban J connectivity index is 1.99. The Morgan fingerprint density at radius 2 is 1.84 bits per heavy atom. The molecule has 0 unspecified atom stereocenters. The summed E-state index contributed by atoms with van der Waals surface area (Å²) >= 11 is 0. The van der Waals surface area contributed by atoms with E-state index in [2.05, 4.69) is 5.32 Å². The van der Waals surface area contributed by atoms with E-state index in [1.54, 1.807) is 25.1 Å². The number of halogens is 3. The van der Waals surface area contributed by atoms with Crippen molar-refractivity contribution in [3.63, 3.8) is 0 Å². The predicted molar refractivity (Wildman–Crippen MR) is 109 cm³/mol. The van der Waals surface area contributed by atoms with Gasteiger partial charge in [0.25, 0.3) is 5.56 Å². The zero-order chi connectivity index (χ0) is 22.3. The van der Waals surface area contributed by atoms with Gasteiger partial charge in [0.2, 0.25) is 5.91 Å². The van der Waals surface area contributed by atoms with Crippen molar-refractivity contribution in [3.05, 3.63) is 74.9 Å². The minimum Gasteiger partial charge on any atom is -0.352 e. The molecule has 4 rings (SSSR count). The first-order chi connectivity index (χ1) is 14.7. The van der Waals surface area contributed by atoms with Gasteiger partial charge in [-0.3, -0.25) is 14.2 Å². The Morgan fingerprint density at radius 3 is 2.48 bits per heavy atom. The molecule has 2 aromatic carbocycles. The number of nitrogens with one attached hydrogen (secondary N) is 1. The number of carbonyl (C=O) groups is 1. The molecule has 0 aliphatic heterocycles. The van der Waals surface area contributed by atoms with Gasteiger partial charge in [-0.05, 0) is 49.6 Å². The van der Waals surface area contributed by atoms with Gasteiger partial charge in [0.15, 0.2) is 0 Å². The van der Waals surface area contributed by atoms with Gasteiger partial charge in [-0.15, -0.1) is 0 Å². The van der Waals surface area contributed by atoms with E-state index in [0.717, 1.165) is 31.0 Å². The highest BCUT2D eigenvalue weighted by molar-refractivity contribution is 5.85. The van der Waals surface area contributed by atoms with Crippen molar-refractivity contribution in [3.8, 4) is 5.69 Å². The average molecular weight is 431 g/mol. The number of amides is 1. The summed E-state index contributed by atoms with van der Waals surface area (Å²) < 4.78 is 41.5. The minimum absolute atomic E-state index is 0.0675. The van der Waals surface area contributed by atoms with Crippen LogP contribution in [0.3, 0.4) is 0 Å². The normalized spacial score (nSPS) is 15.1. The topological polar surface area (TPSA) is 73.1 Å². The van der Waals surface area contributed by atoms with E-state index in [4.69, 9.17) is 0 Å². The molecule has 1 aliphatic rings. The molecule has 6 nitrogen and oxygen atoms in total. The molecule has 1 amide bonds. The van der Waals surface area contributed by atoms with Crippen molar-refractivity contribution in [2.45, 2.75) is 44.4 Å². The fourth-order valence-corrected chi connectivity index (χ4v) is 3.64. The number of aromatic nitrogens is 2. The molecule has 1 fully saturated rings. The van der Waals surface area contributed by atoms with Crippen LogP contribution in [0, 0.1) is 0 Å². The van der Waals surface area contributed by atoms with Crippen LogP contribution in [0.2, 0.25) is 0 Å². The van der Waals surface area contributed by atoms with Crippen LogP contribution in [0.4, 0.5) is 13.2 Å². The summed E-state index contributed by atoms with van der Waals surface area (Å²) in [6.07, 6.45) is -2.64. The van der Waals surface area contributed by atoms with E-state index in [9.17, 15) is 27.6 Å². The maximum Gasteiger partial charge on any atom is 0.416 e. The smallest absolute Gasteiger partial charge is 0.352 e. The van der Waals surface area contributed by atoms with E-state index >= 15 is 0 Å². The number of carbonyl (C=O) groups excluding carboxylic acids is 1. The quantitative estimate of drug-likeness (QED) is 0.673. The highest BCUT2D eigenvalue weighted by Crippen LogP contribution is 2.30. The number of nitrogens with zero attached hydrogens (tertiary/aromatic N) is 2. The maximum absolute atomic E-state index is 13.4. The SMILES string of the molecule is CC[C@H](C(=O)NC1CC1)n1c(=O)n(-c2cccc(C(F)(F)F)c2)c(=O)c2ccccc21. The van der Waals surface area contributed by atoms with Crippen molar-refractivity contribution in [2.24, 2.45) is 0 Å². The summed E-state index contributed by atoms with van der Waals surface area (Å²) in [6, 6.07) is 9.47. The molecule has 9 heteroatoms. The van der Waals surface area contributed by atoms with Gasteiger partial charge in [-0.2, -0.15) is 13.2 Å². The Morgan fingerprint density at radius 1 is 1.13 bits per heavy atom. The number of para-hydroxylation sites is 1. The zero-order valence-corrected chi connectivity index (χ0v) is 16.6. The molecular weight excluding hydrogens is 411 g/mol. The zero-order valence-electron chi connectivity index (χ0n) is 16.6. The molecule has 31 heavy (non-hydrogen) atoms. The lowest BCUT2D eigenvalue weighted by Crippen LogP contribution is -2.44. The summed E-state index contributed by atoms with van der Waals surface area (Å²) in [5.41, 5.74) is -2.52. The third-order valence-electron chi connectivity index (χ3n) is 5.35. The van der Waals surface area contributed by atoms with Gasteiger partial charge in [0, 0.05) is 6.04 Å². The highest BCUT2D eigenvalue weighted by atomic mass is 19.4. The standard InChI is InChI=1S/C22H20F3N3O3/c1-2-17(19(29)26-14-10-11-14)28-18-9-4-3-8-16(18)20(30)27(21(28)31)15-7-5-6-13(12-15)22(23,24)25/h3-9,12,14,17H,2,10-11H2,1H3,(H,26,29)/t17-/m1/s1. The Hall–Kier alpha value is -3.36. The second-order valence-electron chi connectivity index (χ2n) is 7.57. The van der Waals surface area contributed by atoms with Crippen LogP contribution in [0.1, 0.15) is 37.8 Å². The van der Waals surface area contributed by atoms with E-state index in [1.165, 1.54) is 16.7 Å². The Labute approximate surface area is 174 Å². The monoisotopic (exact) mass is 431 g/mol. The van der Waals surface area contributed by atoms with E-state index in [1.807, 2.05) is 0 Å². The van der Waals surface area contributed by atoms with Crippen LogP contribution < -0.4 is 16.6 Å². The van der Waals surface area contributed by atoms with Gasteiger partial charge in [-0.1, -0.05) is 25.1 Å². The molecule has 1 saturated carbocycles. The minimum atomic E-state index is -4.63. The first kappa shape index (κ1) is 20.9. The Kier molecular flexibility index (Phi) is 5.20. The van der Waals surface area contributed by atoms with Crippen molar-refractivity contribution in [2.75, 3.05) is 0 Å². The molecule has 162 valence electrons. The first-order valence-corrected chi connectivity index (χ1v) is 9.96. The summed E-state index contributed by atoms with van der Waals surface area (Å²) in [5, 5.41) is 3.00. The lowest BCUT2D eigenvalue weighted by atomic mass is 10.1. The molecule has 1 N–H and O–H groups in total. The third-order valence-corrected chi connectivity index (χ3v) is 5.35. The second kappa shape index (κ2) is 7.72. The molecule has 1 heterocycles. The van der Waals surface area contributed by atoms with Crippen molar-refractivity contribution in [1.82, 2.24) is 14.5 Å². The molecule has 1 aliphatic carbocycles. The van der Waals surface area contributed by atoms with Gasteiger partial charge in [-0.25, -0.2) is 9.36 Å². The third kappa shape index (κ3) is 3.87. The van der Waals surface area contributed by atoms with E-state index in [-0.39, 0.29) is 35.0 Å². The number of hydrogen-bond donors (Lipinski definition) is 1. The molecule has 0 spiro atoms. The molecule has 1 atom stereocenters. The van der Waals surface area contributed by atoms with Crippen molar-refractivity contribution < 1.29 is 18.0 Å². The fraction of sp³-hybridized carbons (Fsp3) is 0.318.